The van der Waals surface area contributed by atoms with E-state index in [1.54, 1.807) is 0 Å². The monoisotopic (exact) mass is 192 g/mol. The molecule has 0 saturated carbocycles. The van der Waals surface area contributed by atoms with Crippen LogP contribution in [0.15, 0.2) is 0 Å². The summed E-state index contributed by atoms with van der Waals surface area (Å²) in [4.78, 5) is 10.6. The lowest BCUT2D eigenvalue weighted by atomic mass is 10.0. The van der Waals surface area contributed by atoms with Gasteiger partial charge in [0.2, 0.25) is 0 Å². The van der Waals surface area contributed by atoms with Crippen molar-refractivity contribution in [1.29, 1.82) is 0 Å². The predicted octanol–water partition coefficient (Wildman–Crippen LogP) is 0.383. The first-order valence-corrected chi connectivity index (χ1v) is 4.15. The molecule has 1 aliphatic heterocycles. The highest BCUT2D eigenvalue weighted by Gasteiger charge is 2.37. The Kier molecular flexibility index (Phi) is 3.22. The van der Waals surface area contributed by atoms with Gasteiger partial charge >= 0.3 is 5.97 Å². The van der Waals surface area contributed by atoms with Gasteiger partial charge in [0.15, 0.2) is 12.5 Å². The number of carbonyl (C=O) groups is 1. The highest BCUT2D eigenvalue weighted by atomic mass is 19.1. The summed E-state index contributed by atoms with van der Waals surface area (Å²) in [6.07, 6.45) is -4.06. The third kappa shape index (κ3) is 2.63. The lowest BCUT2D eigenvalue weighted by molar-refractivity contribution is -0.220. The van der Waals surface area contributed by atoms with E-state index >= 15 is 0 Å². The lowest BCUT2D eigenvalue weighted by Crippen LogP contribution is -2.46. The fraction of sp³-hybridized carbons (Fsp3) is 0.875. The summed E-state index contributed by atoms with van der Waals surface area (Å²) in [5.74, 6) is -0.547. The number of aliphatic hydroxyl groups excluding tert-OH is 1. The summed E-state index contributed by atoms with van der Waals surface area (Å²) < 4.78 is 22.8. The number of hydrogen-bond donors (Lipinski definition) is 1. The van der Waals surface area contributed by atoms with Crippen LogP contribution >= 0.6 is 0 Å². The van der Waals surface area contributed by atoms with Crippen LogP contribution in [0.25, 0.3) is 0 Å². The highest BCUT2D eigenvalue weighted by molar-refractivity contribution is 5.66. The third-order valence-electron chi connectivity index (χ3n) is 1.93. The Balaban J connectivity index is 2.55. The van der Waals surface area contributed by atoms with E-state index in [9.17, 15) is 9.18 Å². The van der Waals surface area contributed by atoms with Crippen molar-refractivity contribution in [2.75, 3.05) is 0 Å². The van der Waals surface area contributed by atoms with Gasteiger partial charge in [0, 0.05) is 13.3 Å². The minimum Gasteiger partial charge on any atom is -0.459 e. The van der Waals surface area contributed by atoms with Gasteiger partial charge < -0.3 is 14.6 Å². The maximum atomic E-state index is 13.3. The zero-order valence-corrected chi connectivity index (χ0v) is 7.57. The predicted molar refractivity (Wildman–Crippen MR) is 41.6 cm³/mol. The summed E-state index contributed by atoms with van der Waals surface area (Å²) in [7, 11) is 0. The Bertz CT molecular complexity index is 197. The lowest BCUT2D eigenvalue weighted by Gasteiger charge is -2.33. The number of ether oxygens (including phenoxy) is 2. The number of alkyl halides is 1. The minimum atomic E-state index is -1.37. The van der Waals surface area contributed by atoms with Gasteiger partial charge in [-0.1, -0.05) is 0 Å². The van der Waals surface area contributed by atoms with E-state index in [2.05, 4.69) is 0 Å². The molecule has 13 heavy (non-hydrogen) atoms. The molecule has 1 fully saturated rings. The first-order valence-electron chi connectivity index (χ1n) is 4.15. The Hall–Kier alpha value is -0.680. The molecule has 1 aliphatic rings. The van der Waals surface area contributed by atoms with Gasteiger partial charge in [-0.2, -0.15) is 0 Å². The molecule has 5 heteroatoms. The van der Waals surface area contributed by atoms with Crippen LogP contribution < -0.4 is 0 Å². The summed E-state index contributed by atoms with van der Waals surface area (Å²) >= 11 is 0. The van der Waals surface area contributed by atoms with Gasteiger partial charge in [-0.25, -0.2) is 4.39 Å². The van der Waals surface area contributed by atoms with E-state index in [-0.39, 0.29) is 6.42 Å². The third-order valence-corrected chi connectivity index (χ3v) is 1.93. The quantitative estimate of drug-likeness (QED) is 0.610. The molecule has 4 atom stereocenters. The van der Waals surface area contributed by atoms with Crippen LogP contribution in [0, 0.1) is 0 Å². The van der Waals surface area contributed by atoms with Gasteiger partial charge in [-0.3, -0.25) is 4.79 Å². The van der Waals surface area contributed by atoms with E-state index in [0.29, 0.717) is 0 Å². The average molecular weight is 192 g/mol. The largest absolute Gasteiger partial charge is 0.459 e. The van der Waals surface area contributed by atoms with Crippen molar-refractivity contribution in [3.63, 3.8) is 0 Å². The first kappa shape index (κ1) is 10.4. The van der Waals surface area contributed by atoms with Crippen molar-refractivity contribution in [3.8, 4) is 0 Å². The zero-order valence-electron chi connectivity index (χ0n) is 7.57. The average Bonchev–Trinajstić information content (AvgIpc) is 1.98. The molecule has 0 bridgehead atoms. The Morgan fingerprint density at radius 3 is 2.85 bits per heavy atom. The van der Waals surface area contributed by atoms with E-state index in [1.165, 1.54) is 13.8 Å². The smallest absolute Gasteiger partial charge is 0.303 e. The molecule has 0 spiro atoms. The molecule has 0 aromatic carbocycles. The standard InChI is InChI=1S/C8H13FO4/c1-4-8(9)6(13-5(2)10)3-7(11)12-4/h4,6-8,11H,3H2,1-2H3/t4-,6-,7+,8+/m1/s1. The fourth-order valence-electron chi connectivity index (χ4n) is 1.34. The molecule has 0 radical (unpaired) electrons. The molecule has 1 heterocycles. The van der Waals surface area contributed by atoms with Crippen molar-refractivity contribution in [2.45, 2.75) is 44.9 Å². The number of halogens is 1. The molecule has 0 amide bonds. The van der Waals surface area contributed by atoms with Gasteiger partial charge in [0.25, 0.3) is 0 Å². The second-order valence-corrected chi connectivity index (χ2v) is 3.12. The van der Waals surface area contributed by atoms with Crippen LogP contribution in [-0.2, 0) is 14.3 Å². The summed E-state index contributed by atoms with van der Waals surface area (Å²) in [5.41, 5.74) is 0. The van der Waals surface area contributed by atoms with E-state index in [4.69, 9.17) is 14.6 Å². The van der Waals surface area contributed by atoms with Gasteiger partial charge in [0.1, 0.15) is 6.10 Å². The highest BCUT2D eigenvalue weighted by Crippen LogP contribution is 2.23. The van der Waals surface area contributed by atoms with E-state index in [0.717, 1.165) is 0 Å². The second kappa shape index (κ2) is 4.02. The molecule has 0 aromatic heterocycles. The normalized spacial score (nSPS) is 40.0. The van der Waals surface area contributed by atoms with E-state index in [1.807, 2.05) is 0 Å². The molecule has 1 N–H and O–H groups in total. The molecule has 76 valence electrons. The van der Waals surface area contributed by atoms with Crippen molar-refractivity contribution in [1.82, 2.24) is 0 Å². The molecule has 1 saturated heterocycles. The summed E-state index contributed by atoms with van der Waals surface area (Å²) in [5, 5.41) is 9.10. The molecule has 0 aromatic rings. The van der Waals surface area contributed by atoms with Crippen molar-refractivity contribution < 1.29 is 23.8 Å². The molecule has 0 unspecified atom stereocenters. The number of carbonyl (C=O) groups excluding carboxylic acids is 1. The first-order chi connectivity index (χ1) is 6.00. The SMILES string of the molecule is CC(=O)O[C@@H]1C[C@@H](O)O[C@H](C)[C@@H]1F. The fourth-order valence-corrected chi connectivity index (χ4v) is 1.34. The number of aliphatic hydroxyl groups is 1. The summed E-state index contributed by atoms with van der Waals surface area (Å²) in [6, 6.07) is 0. The Morgan fingerprint density at radius 2 is 2.31 bits per heavy atom. The Morgan fingerprint density at radius 1 is 1.69 bits per heavy atom. The van der Waals surface area contributed by atoms with Crippen molar-refractivity contribution in [2.24, 2.45) is 0 Å². The molecular weight excluding hydrogens is 179 g/mol. The van der Waals surface area contributed by atoms with Crippen LogP contribution in [-0.4, -0.2) is 35.7 Å². The maximum absolute atomic E-state index is 13.3. The molecule has 1 rings (SSSR count). The van der Waals surface area contributed by atoms with Crippen LogP contribution in [0.4, 0.5) is 4.39 Å². The van der Waals surface area contributed by atoms with E-state index < -0.39 is 30.6 Å². The number of hydrogen-bond acceptors (Lipinski definition) is 4. The van der Waals surface area contributed by atoms with Gasteiger partial charge in [0.05, 0.1) is 6.10 Å². The molecule has 4 nitrogen and oxygen atoms in total. The van der Waals surface area contributed by atoms with Crippen LogP contribution in [0.2, 0.25) is 0 Å². The van der Waals surface area contributed by atoms with Crippen molar-refractivity contribution in [3.05, 3.63) is 0 Å². The van der Waals surface area contributed by atoms with Crippen LogP contribution in [0.3, 0.4) is 0 Å². The number of esters is 1. The molecule has 0 aliphatic carbocycles. The van der Waals surface area contributed by atoms with Crippen LogP contribution in [0.1, 0.15) is 20.3 Å². The minimum absolute atomic E-state index is 0.00884. The molecular formula is C8H13FO4. The van der Waals surface area contributed by atoms with Crippen LogP contribution in [0.5, 0.6) is 0 Å². The topological polar surface area (TPSA) is 55.8 Å². The van der Waals surface area contributed by atoms with Crippen molar-refractivity contribution >= 4 is 5.97 Å². The zero-order chi connectivity index (χ0) is 10.0. The maximum Gasteiger partial charge on any atom is 0.303 e. The second-order valence-electron chi connectivity index (χ2n) is 3.12. The number of rotatable bonds is 1. The van der Waals surface area contributed by atoms with Gasteiger partial charge in [-0.05, 0) is 6.92 Å². The van der Waals surface area contributed by atoms with Gasteiger partial charge in [-0.15, -0.1) is 0 Å². The Labute approximate surface area is 75.6 Å². The summed E-state index contributed by atoms with van der Waals surface area (Å²) in [6.45, 7) is 2.70.